The van der Waals surface area contributed by atoms with Gasteiger partial charge in [0.1, 0.15) is 0 Å². The Morgan fingerprint density at radius 2 is 1.85 bits per heavy atom. The number of rotatable bonds is 7. The first kappa shape index (κ1) is 20.1. The highest BCUT2D eigenvalue weighted by atomic mass is 35.5. The molecule has 1 saturated heterocycles. The van der Waals surface area contributed by atoms with Crippen molar-refractivity contribution in [3.05, 3.63) is 64.7 Å². The highest BCUT2D eigenvalue weighted by molar-refractivity contribution is 6.22. The molecule has 1 heterocycles. The molecule has 0 amide bonds. The molecule has 0 saturated carbocycles. The van der Waals surface area contributed by atoms with Crippen LogP contribution in [0.3, 0.4) is 0 Å². The number of hydrogen-bond donors (Lipinski definition) is 2. The molecule has 2 aromatic rings. The fourth-order valence-corrected chi connectivity index (χ4v) is 3.89. The summed E-state index contributed by atoms with van der Waals surface area (Å²) in [6.07, 6.45) is 1.30. The summed E-state index contributed by atoms with van der Waals surface area (Å²) in [5, 5.41) is 10.9. The first-order chi connectivity index (χ1) is 13.0. The molecule has 0 aromatic heterocycles. The number of benzene rings is 2. The fourth-order valence-electron chi connectivity index (χ4n) is 3.67. The molecule has 0 spiro atoms. The molecule has 5 heteroatoms. The standard InChI is InChI=1S/C22H28ClFN2O/c1-17-4-2-3-5-18(17)8-10-22(23,24)20-6-7-21(19(16-20)9-15-27)26-13-11-25-12-14-26/h2-7,16,25,27H,8-15H2,1H3. The molecule has 1 fully saturated rings. The van der Waals surface area contributed by atoms with E-state index in [1.165, 1.54) is 0 Å². The molecule has 1 aliphatic heterocycles. The van der Waals surface area contributed by atoms with E-state index in [1.54, 1.807) is 6.07 Å². The third-order valence-corrected chi connectivity index (χ3v) is 5.72. The SMILES string of the molecule is Cc1ccccc1CCC(F)(Cl)c1ccc(N2CCNCC2)c(CCO)c1. The maximum absolute atomic E-state index is 15.3. The molecule has 1 aliphatic rings. The van der Waals surface area contributed by atoms with Crippen LogP contribution in [0.5, 0.6) is 0 Å². The van der Waals surface area contributed by atoms with Crippen LogP contribution in [0.2, 0.25) is 0 Å². The Balaban J connectivity index is 1.79. The van der Waals surface area contributed by atoms with Crippen LogP contribution in [0, 0.1) is 6.92 Å². The van der Waals surface area contributed by atoms with Crippen molar-refractivity contribution in [2.24, 2.45) is 0 Å². The Labute approximate surface area is 166 Å². The highest BCUT2D eigenvalue weighted by Crippen LogP contribution is 2.38. The summed E-state index contributed by atoms with van der Waals surface area (Å²) < 4.78 is 15.3. The van der Waals surface area contributed by atoms with E-state index in [0.29, 0.717) is 18.4 Å². The molecule has 2 aromatic carbocycles. The zero-order chi connectivity index (χ0) is 19.3. The molecule has 0 aliphatic carbocycles. The maximum atomic E-state index is 15.3. The average Bonchev–Trinajstić information content (AvgIpc) is 2.68. The van der Waals surface area contributed by atoms with Gasteiger partial charge >= 0.3 is 0 Å². The first-order valence-corrected chi connectivity index (χ1v) is 10.0. The Bertz CT molecular complexity index is 760. The zero-order valence-corrected chi connectivity index (χ0v) is 16.6. The molecule has 146 valence electrons. The number of hydrogen-bond acceptors (Lipinski definition) is 3. The highest BCUT2D eigenvalue weighted by Gasteiger charge is 2.30. The number of halogens is 2. The smallest absolute Gasteiger partial charge is 0.209 e. The summed E-state index contributed by atoms with van der Waals surface area (Å²) in [5.74, 6) is 0. The van der Waals surface area contributed by atoms with Gasteiger partial charge in [0.25, 0.3) is 0 Å². The van der Waals surface area contributed by atoms with Crippen LogP contribution in [0.4, 0.5) is 10.1 Å². The van der Waals surface area contributed by atoms with Gasteiger partial charge in [0, 0.05) is 50.5 Å². The predicted molar refractivity (Wildman–Crippen MR) is 110 cm³/mol. The number of piperazine rings is 1. The molecule has 3 rings (SSSR count). The van der Waals surface area contributed by atoms with E-state index in [0.717, 1.165) is 48.6 Å². The Kier molecular flexibility index (Phi) is 6.74. The van der Waals surface area contributed by atoms with Gasteiger partial charge in [-0.1, -0.05) is 41.9 Å². The van der Waals surface area contributed by atoms with Crippen molar-refractivity contribution >= 4 is 17.3 Å². The lowest BCUT2D eigenvalue weighted by molar-refractivity contribution is 0.264. The van der Waals surface area contributed by atoms with E-state index in [2.05, 4.69) is 10.2 Å². The number of nitrogens with zero attached hydrogens (tertiary/aromatic N) is 1. The normalized spacial score (nSPS) is 17.0. The van der Waals surface area contributed by atoms with E-state index in [9.17, 15) is 5.11 Å². The van der Waals surface area contributed by atoms with Crippen molar-refractivity contribution < 1.29 is 9.50 Å². The van der Waals surface area contributed by atoms with E-state index in [4.69, 9.17) is 11.6 Å². The lowest BCUT2D eigenvalue weighted by Gasteiger charge is -2.32. The minimum Gasteiger partial charge on any atom is -0.396 e. The van der Waals surface area contributed by atoms with Gasteiger partial charge in [-0.25, -0.2) is 4.39 Å². The van der Waals surface area contributed by atoms with Gasteiger partial charge in [0.05, 0.1) is 0 Å². The van der Waals surface area contributed by atoms with Crippen LogP contribution in [0.1, 0.15) is 28.7 Å². The third kappa shape index (κ3) is 5.01. The second-order valence-electron chi connectivity index (χ2n) is 7.19. The molecule has 27 heavy (non-hydrogen) atoms. The van der Waals surface area contributed by atoms with Crippen molar-refractivity contribution in [1.29, 1.82) is 0 Å². The molecule has 1 unspecified atom stereocenters. The lowest BCUT2D eigenvalue weighted by Crippen LogP contribution is -2.44. The van der Waals surface area contributed by atoms with Crippen molar-refractivity contribution in [2.75, 3.05) is 37.7 Å². The topological polar surface area (TPSA) is 35.5 Å². The zero-order valence-electron chi connectivity index (χ0n) is 15.8. The maximum Gasteiger partial charge on any atom is 0.209 e. The molecule has 0 bridgehead atoms. The van der Waals surface area contributed by atoms with Crippen molar-refractivity contribution in [2.45, 2.75) is 31.3 Å². The summed E-state index contributed by atoms with van der Waals surface area (Å²) in [6, 6.07) is 13.6. The van der Waals surface area contributed by atoms with Crippen molar-refractivity contribution in [3.8, 4) is 0 Å². The van der Waals surface area contributed by atoms with Gasteiger partial charge in [-0.2, -0.15) is 0 Å². The molecule has 0 radical (unpaired) electrons. The number of anilines is 1. The number of aryl methyl sites for hydroxylation is 2. The van der Waals surface area contributed by atoms with E-state index in [-0.39, 0.29) is 13.0 Å². The van der Waals surface area contributed by atoms with Crippen LogP contribution in [-0.4, -0.2) is 37.9 Å². The number of aliphatic hydroxyl groups is 1. The number of aliphatic hydroxyl groups excluding tert-OH is 1. The van der Waals surface area contributed by atoms with E-state index in [1.807, 2.05) is 43.3 Å². The van der Waals surface area contributed by atoms with Gasteiger partial charge < -0.3 is 15.3 Å². The quantitative estimate of drug-likeness (QED) is 0.703. The largest absolute Gasteiger partial charge is 0.396 e. The first-order valence-electron chi connectivity index (χ1n) is 9.63. The summed E-state index contributed by atoms with van der Waals surface area (Å²) in [7, 11) is 0. The van der Waals surface area contributed by atoms with Gasteiger partial charge in [0.15, 0.2) is 0 Å². The Morgan fingerprint density at radius 1 is 1.11 bits per heavy atom. The van der Waals surface area contributed by atoms with Crippen LogP contribution >= 0.6 is 11.6 Å². The Hall–Kier alpha value is -1.62. The summed E-state index contributed by atoms with van der Waals surface area (Å²) in [6.45, 7) is 5.75. The van der Waals surface area contributed by atoms with Gasteiger partial charge in [-0.15, -0.1) is 0 Å². The average molecular weight is 391 g/mol. The minimum atomic E-state index is -1.92. The van der Waals surface area contributed by atoms with Gasteiger partial charge in [-0.3, -0.25) is 0 Å². The number of nitrogens with one attached hydrogen (secondary N) is 1. The van der Waals surface area contributed by atoms with Gasteiger partial charge in [-0.05, 0) is 48.6 Å². The molecule has 1 atom stereocenters. The second kappa shape index (κ2) is 9.05. The molecule has 3 nitrogen and oxygen atoms in total. The summed E-state index contributed by atoms with van der Waals surface area (Å²) >= 11 is 6.32. The molecular weight excluding hydrogens is 363 g/mol. The monoisotopic (exact) mass is 390 g/mol. The molecular formula is C22H28ClFN2O. The third-order valence-electron chi connectivity index (χ3n) is 5.31. The van der Waals surface area contributed by atoms with Crippen LogP contribution in [0.25, 0.3) is 0 Å². The van der Waals surface area contributed by atoms with Gasteiger partial charge in [0.2, 0.25) is 5.13 Å². The molecule has 2 N–H and O–H groups in total. The lowest BCUT2D eigenvalue weighted by atomic mass is 9.96. The Morgan fingerprint density at radius 3 is 2.56 bits per heavy atom. The van der Waals surface area contributed by atoms with Crippen LogP contribution < -0.4 is 10.2 Å². The van der Waals surface area contributed by atoms with E-state index < -0.39 is 5.13 Å². The second-order valence-corrected chi connectivity index (χ2v) is 7.78. The van der Waals surface area contributed by atoms with Crippen molar-refractivity contribution in [3.63, 3.8) is 0 Å². The summed E-state index contributed by atoms with van der Waals surface area (Å²) in [5.41, 5.74) is 4.77. The van der Waals surface area contributed by atoms with E-state index >= 15 is 4.39 Å². The fraction of sp³-hybridized carbons (Fsp3) is 0.455. The van der Waals surface area contributed by atoms with Crippen molar-refractivity contribution in [1.82, 2.24) is 5.32 Å². The van der Waals surface area contributed by atoms with Crippen LogP contribution in [-0.2, 0) is 18.0 Å². The minimum absolute atomic E-state index is 0.0350. The summed E-state index contributed by atoms with van der Waals surface area (Å²) in [4.78, 5) is 2.28. The van der Waals surface area contributed by atoms with Crippen LogP contribution in [0.15, 0.2) is 42.5 Å². The number of alkyl halides is 2. The predicted octanol–water partition coefficient (Wildman–Crippen LogP) is 3.93.